The Balaban J connectivity index is 1.47. The minimum atomic E-state index is -0.836. The molecule has 0 N–H and O–H groups in total. The van der Waals surface area contributed by atoms with Crippen LogP contribution < -0.4 is 9.47 Å². The van der Waals surface area contributed by atoms with Crippen LogP contribution in [0.2, 0.25) is 0 Å². The Hall–Kier alpha value is -3.55. The molecule has 2 aromatic rings. The highest BCUT2D eigenvalue weighted by molar-refractivity contribution is 6.04. The molecule has 2 atom stereocenters. The Morgan fingerprint density at radius 2 is 1.87 bits per heavy atom. The van der Waals surface area contributed by atoms with Crippen LogP contribution >= 0.6 is 0 Å². The Bertz CT molecular complexity index is 1050. The molecule has 0 aromatic heterocycles. The second kappa shape index (κ2) is 7.61. The molecule has 160 valence electrons. The van der Waals surface area contributed by atoms with Crippen LogP contribution in [-0.4, -0.2) is 60.2 Å². The molecule has 3 aliphatic rings. The van der Waals surface area contributed by atoms with Gasteiger partial charge in [-0.25, -0.2) is 4.79 Å². The molecule has 8 nitrogen and oxygen atoms in total. The molecule has 0 radical (unpaired) electrons. The van der Waals surface area contributed by atoms with E-state index in [1.54, 1.807) is 17.0 Å². The summed E-state index contributed by atoms with van der Waals surface area (Å²) in [4.78, 5) is 41.7. The third-order valence-electron chi connectivity index (χ3n) is 6.01. The number of amides is 2. The number of hydrogen-bond donors (Lipinski definition) is 0. The summed E-state index contributed by atoms with van der Waals surface area (Å²) in [6.45, 7) is 0.548. The molecule has 5 rings (SSSR count). The highest BCUT2D eigenvalue weighted by Crippen LogP contribution is 2.39. The predicted octanol–water partition coefficient (Wildman–Crippen LogP) is 2.22. The normalized spacial score (nSPS) is 20.2. The van der Waals surface area contributed by atoms with Crippen LogP contribution in [0.4, 0.5) is 0 Å². The van der Waals surface area contributed by atoms with Crippen molar-refractivity contribution in [2.75, 3.05) is 20.4 Å². The summed E-state index contributed by atoms with van der Waals surface area (Å²) < 4.78 is 16.8. The molecule has 0 spiro atoms. The van der Waals surface area contributed by atoms with E-state index in [4.69, 9.17) is 14.2 Å². The van der Waals surface area contributed by atoms with E-state index >= 15 is 0 Å². The molecule has 31 heavy (non-hydrogen) atoms. The van der Waals surface area contributed by atoms with Gasteiger partial charge in [0.1, 0.15) is 17.5 Å². The lowest BCUT2D eigenvalue weighted by Gasteiger charge is -2.36. The monoisotopic (exact) mass is 422 g/mol. The van der Waals surface area contributed by atoms with E-state index in [1.165, 1.54) is 12.0 Å². The first-order valence-electron chi connectivity index (χ1n) is 10.3. The molecule has 1 unspecified atom stereocenters. The van der Waals surface area contributed by atoms with Gasteiger partial charge in [-0.3, -0.25) is 14.5 Å². The summed E-state index contributed by atoms with van der Waals surface area (Å²) in [6, 6.07) is 11.7. The van der Waals surface area contributed by atoms with E-state index in [0.29, 0.717) is 30.0 Å². The lowest BCUT2D eigenvalue weighted by Crippen LogP contribution is -2.51. The average molecular weight is 422 g/mol. The fraction of sp³-hybridized carbons (Fsp3) is 0.348. The summed E-state index contributed by atoms with van der Waals surface area (Å²) in [5.74, 6) is -0.293. The number of fused-ring (bicyclic) bond motifs is 3. The summed E-state index contributed by atoms with van der Waals surface area (Å²) >= 11 is 0. The number of methoxy groups -OCH3 is 1. The lowest BCUT2D eigenvalue weighted by atomic mass is 10.0. The Morgan fingerprint density at radius 3 is 2.65 bits per heavy atom. The van der Waals surface area contributed by atoms with E-state index in [9.17, 15) is 14.4 Å². The Labute approximate surface area is 179 Å². The minimum Gasteiger partial charge on any atom is -0.472 e. The van der Waals surface area contributed by atoms with Crippen molar-refractivity contribution in [2.45, 2.75) is 31.5 Å². The van der Waals surface area contributed by atoms with Crippen molar-refractivity contribution in [3.05, 3.63) is 59.2 Å². The number of nitrogens with zero attached hydrogens (tertiary/aromatic N) is 2. The lowest BCUT2D eigenvalue weighted by molar-refractivity contribution is -0.147. The number of ether oxygens (including phenoxy) is 3. The second-order valence-corrected chi connectivity index (χ2v) is 7.83. The van der Waals surface area contributed by atoms with Gasteiger partial charge in [0.15, 0.2) is 13.0 Å². The molecule has 1 saturated heterocycles. The van der Waals surface area contributed by atoms with Crippen LogP contribution in [0.15, 0.2) is 42.5 Å². The number of hydrogen-bond acceptors (Lipinski definition) is 6. The maximum atomic E-state index is 13.4. The summed E-state index contributed by atoms with van der Waals surface area (Å²) in [5, 5.41) is 0. The third kappa shape index (κ3) is 3.28. The van der Waals surface area contributed by atoms with Crippen molar-refractivity contribution < 1.29 is 28.6 Å². The van der Waals surface area contributed by atoms with Crippen molar-refractivity contribution in [1.29, 1.82) is 0 Å². The summed E-state index contributed by atoms with van der Waals surface area (Å²) in [7, 11) is 1.30. The van der Waals surface area contributed by atoms with Crippen molar-refractivity contribution in [3.63, 3.8) is 0 Å². The van der Waals surface area contributed by atoms with Crippen LogP contribution in [0.3, 0.4) is 0 Å². The average Bonchev–Trinajstić information content (AvgIpc) is 3.27. The van der Waals surface area contributed by atoms with Crippen molar-refractivity contribution in [1.82, 2.24) is 9.80 Å². The number of rotatable bonds is 4. The SMILES string of the molecule is COC(=O)[C@@H](Cc1ccccc1)N1COc2cc3c(cc2C1=O)OC1CCCN1C3=O. The van der Waals surface area contributed by atoms with Crippen molar-refractivity contribution >= 4 is 17.8 Å². The van der Waals surface area contributed by atoms with E-state index in [0.717, 1.165) is 18.4 Å². The zero-order valence-corrected chi connectivity index (χ0v) is 17.1. The number of esters is 1. The number of carbonyl (C=O) groups is 3. The van der Waals surface area contributed by atoms with Gasteiger partial charge in [0, 0.05) is 19.4 Å². The van der Waals surface area contributed by atoms with Crippen LogP contribution in [0.25, 0.3) is 0 Å². The first kappa shape index (κ1) is 19.4. The Kier molecular flexibility index (Phi) is 4.77. The zero-order valence-electron chi connectivity index (χ0n) is 17.1. The van der Waals surface area contributed by atoms with Gasteiger partial charge in [-0.1, -0.05) is 30.3 Å². The van der Waals surface area contributed by atoms with Gasteiger partial charge < -0.3 is 19.1 Å². The van der Waals surface area contributed by atoms with E-state index in [1.807, 2.05) is 30.3 Å². The molecule has 0 bridgehead atoms. The maximum Gasteiger partial charge on any atom is 0.329 e. The molecular weight excluding hydrogens is 400 g/mol. The smallest absolute Gasteiger partial charge is 0.329 e. The maximum absolute atomic E-state index is 13.4. The number of carbonyl (C=O) groups excluding carboxylic acids is 3. The first-order chi connectivity index (χ1) is 15.1. The molecular formula is C23H22N2O6. The highest BCUT2D eigenvalue weighted by Gasteiger charge is 2.41. The predicted molar refractivity (Wildman–Crippen MR) is 109 cm³/mol. The quantitative estimate of drug-likeness (QED) is 0.703. The highest BCUT2D eigenvalue weighted by atomic mass is 16.5. The largest absolute Gasteiger partial charge is 0.472 e. The van der Waals surface area contributed by atoms with Gasteiger partial charge >= 0.3 is 5.97 Å². The Morgan fingerprint density at radius 1 is 1.13 bits per heavy atom. The first-order valence-corrected chi connectivity index (χ1v) is 10.3. The van der Waals surface area contributed by atoms with Gasteiger partial charge in [0.2, 0.25) is 0 Å². The molecule has 8 heteroatoms. The topological polar surface area (TPSA) is 85.4 Å². The fourth-order valence-electron chi connectivity index (χ4n) is 4.38. The van der Waals surface area contributed by atoms with Crippen molar-refractivity contribution in [2.24, 2.45) is 0 Å². The molecule has 0 aliphatic carbocycles. The molecule has 2 aromatic carbocycles. The molecule has 3 heterocycles. The summed E-state index contributed by atoms with van der Waals surface area (Å²) in [6.07, 6.45) is 1.65. The van der Waals surface area contributed by atoms with E-state index < -0.39 is 12.0 Å². The summed E-state index contributed by atoms with van der Waals surface area (Å²) in [5.41, 5.74) is 1.57. The van der Waals surface area contributed by atoms with Crippen LogP contribution in [-0.2, 0) is 16.0 Å². The molecule has 3 aliphatic heterocycles. The fourth-order valence-corrected chi connectivity index (χ4v) is 4.38. The zero-order chi connectivity index (χ0) is 21.5. The number of benzene rings is 2. The van der Waals surface area contributed by atoms with Crippen molar-refractivity contribution in [3.8, 4) is 11.5 Å². The van der Waals surface area contributed by atoms with Gasteiger partial charge in [-0.05, 0) is 24.1 Å². The van der Waals surface area contributed by atoms with Crippen LogP contribution in [0, 0.1) is 0 Å². The molecule has 2 amide bonds. The van der Waals surface area contributed by atoms with E-state index in [-0.39, 0.29) is 30.3 Å². The molecule has 0 saturated carbocycles. The minimum absolute atomic E-state index is 0.110. The van der Waals surface area contributed by atoms with Crippen LogP contribution in [0.1, 0.15) is 39.1 Å². The van der Waals surface area contributed by atoms with Gasteiger partial charge in [-0.15, -0.1) is 0 Å². The van der Waals surface area contributed by atoms with E-state index in [2.05, 4.69) is 0 Å². The van der Waals surface area contributed by atoms with Crippen LogP contribution in [0.5, 0.6) is 11.5 Å². The van der Waals surface area contributed by atoms with Gasteiger partial charge in [-0.2, -0.15) is 0 Å². The van der Waals surface area contributed by atoms with Gasteiger partial charge in [0.25, 0.3) is 11.8 Å². The third-order valence-corrected chi connectivity index (χ3v) is 6.01. The van der Waals surface area contributed by atoms with Gasteiger partial charge in [0.05, 0.1) is 18.2 Å². The standard InChI is InChI=1S/C23H22N2O6/c1-29-23(28)17(10-14-6-3-2-4-7-14)25-13-30-18-11-16-19(12-15(18)22(25)27)31-20-8-5-9-24(20)21(16)26/h2-4,6-7,11-12,17,20H,5,8-10,13H2,1H3/t17-,20?/m1/s1. The second-order valence-electron chi connectivity index (χ2n) is 7.83. The molecule has 1 fully saturated rings.